The second-order valence-corrected chi connectivity index (χ2v) is 7.65. The van der Waals surface area contributed by atoms with Gasteiger partial charge in [0, 0.05) is 10.7 Å². The molecular weight excluding hydrogens is 477 g/mol. The van der Waals surface area contributed by atoms with Crippen molar-refractivity contribution in [1.29, 1.82) is 0 Å². The van der Waals surface area contributed by atoms with Gasteiger partial charge < -0.3 is 14.8 Å². The van der Waals surface area contributed by atoms with E-state index in [1.54, 1.807) is 37.3 Å². The molecule has 0 aliphatic carbocycles. The summed E-state index contributed by atoms with van der Waals surface area (Å²) in [6.07, 6.45) is 1.35. The summed E-state index contributed by atoms with van der Waals surface area (Å²) < 4.78 is 11.2. The molecule has 0 spiro atoms. The summed E-state index contributed by atoms with van der Waals surface area (Å²) in [5, 5.41) is 8.00. The molecule has 2 aromatic carbocycles. The maximum Gasteiger partial charge on any atom is 0.263 e. The predicted octanol–water partition coefficient (Wildman–Crippen LogP) is 3.32. The number of carbonyl (C=O) groups excluding carboxylic acids is 3. The highest BCUT2D eigenvalue weighted by Gasteiger charge is 2.26. The monoisotopic (exact) mass is 493 g/mol. The Morgan fingerprint density at radius 3 is 2.38 bits per heavy atom. The minimum Gasteiger partial charge on any atom is -0.490 e. The lowest BCUT2D eigenvalue weighted by Crippen LogP contribution is -2.51. The lowest BCUT2D eigenvalue weighted by molar-refractivity contribution is -0.123. The van der Waals surface area contributed by atoms with Crippen LogP contribution >= 0.6 is 35.4 Å². The smallest absolute Gasteiger partial charge is 0.263 e. The second-order valence-electron chi connectivity index (χ2n) is 6.40. The molecule has 0 radical (unpaired) electrons. The van der Waals surface area contributed by atoms with Crippen LogP contribution in [0.5, 0.6) is 11.5 Å². The molecule has 3 rings (SSSR count). The average Bonchev–Trinajstić information content (AvgIpc) is 2.72. The van der Waals surface area contributed by atoms with Crippen LogP contribution in [0.3, 0.4) is 0 Å². The lowest BCUT2D eigenvalue weighted by Gasteiger charge is -2.17. The van der Waals surface area contributed by atoms with Crippen molar-refractivity contribution < 1.29 is 23.9 Å². The number of halogens is 2. The molecule has 32 heavy (non-hydrogen) atoms. The molecule has 8 nitrogen and oxygen atoms in total. The maximum atomic E-state index is 12.2. The van der Waals surface area contributed by atoms with E-state index in [1.807, 2.05) is 0 Å². The number of rotatable bonds is 7. The number of nitrogens with one attached hydrogen (secondary N) is 3. The van der Waals surface area contributed by atoms with Crippen LogP contribution in [0.25, 0.3) is 6.08 Å². The molecule has 1 fully saturated rings. The van der Waals surface area contributed by atoms with E-state index in [9.17, 15) is 14.4 Å². The molecular formula is C21H17Cl2N3O5S. The number of carbonyl (C=O) groups is 3. The fourth-order valence-corrected chi connectivity index (χ4v) is 3.30. The number of amides is 3. The van der Waals surface area contributed by atoms with Crippen molar-refractivity contribution in [2.75, 3.05) is 18.5 Å². The summed E-state index contributed by atoms with van der Waals surface area (Å²) in [6, 6.07) is 9.64. The molecule has 1 saturated heterocycles. The first-order chi connectivity index (χ1) is 15.3. The van der Waals surface area contributed by atoms with E-state index in [2.05, 4.69) is 16.0 Å². The Labute approximate surface area is 198 Å². The molecule has 3 amide bonds. The highest BCUT2D eigenvalue weighted by Crippen LogP contribution is 2.37. The third-order valence-electron chi connectivity index (χ3n) is 4.06. The zero-order chi connectivity index (χ0) is 23.3. The van der Waals surface area contributed by atoms with Gasteiger partial charge in [0.05, 0.1) is 11.6 Å². The molecule has 1 aliphatic heterocycles. The second kappa shape index (κ2) is 10.4. The molecule has 2 aromatic rings. The molecule has 0 aromatic heterocycles. The van der Waals surface area contributed by atoms with Gasteiger partial charge in [-0.15, -0.1) is 0 Å². The van der Waals surface area contributed by atoms with E-state index >= 15 is 0 Å². The SMILES string of the molecule is CCOc1cc(C=C2C(=O)NC(=S)NC2=O)cc(Cl)c1OCC(=O)Nc1ccc(Cl)cc1. The number of thiocarbonyl (C=S) groups is 1. The highest BCUT2D eigenvalue weighted by atomic mass is 35.5. The fraction of sp³-hybridized carbons (Fsp3) is 0.143. The van der Waals surface area contributed by atoms with E-state index in [1.165, 1.54) is 12.1 Å². The van der Waals surface area contributed by atoms with E-state index in [0.29, 0.717) is 22.9 Å². The van der Waals surface area contributed by atoms with Crippen molar-refractivity contribution in [3.05, 3.63) is 57.6 Å². The van der Waals surface area contributed by atoms with Gasteiger partial charge in [-0.05, 0) is 67.2 Å². The predicted molar refractivity (Wildman–Crippen MR) is 125 cm³/mol. The zero-order valence-electron chi connectivity index (χ0n) is 16.7. The van der Waals surface area contributed by atoms with Gasteiger partial charge in [0.1, 0.15) is 5.57 Å². The molecule has 0 bridgehead atoms. The van der Waals surface area contributed by atoms with E-state index in [0.717, 1.165) is 0 Å². The van der Waals surface area contributed by atoms with Gasteiger partial charge in [0.2, 0.25) is 0 Å². The van der Waals surface area contributed by atoms with Crippen LogP contribution in [-0.2, 0) is 14.4 Å². The molecule has 1 aliphatic rings. The van der Waals surface area contributed by atoms with E-state index in [4.69, 9.17) is 44.9 Å². The Kier molecular flexibility index (Phi) is 7.68. The van der Waals surface area contributed by atoms with Crippen LogP contribution in [0.15, 0.2) is 42.0 Å². The number of hydrogen-bond acceptors (Lipinski definition) is 6. The van der Waals surface area contributed by atoms with Gasteiger partial charge in [-0.1, -0.05) is 23.2 Å². The molecule has 11 heteroatoms. The normalized spacial score (nSPS) is 13.2. The van der Waals surface area contributed by atoms with Crippen molar-refractivity contribution in [2.45, 2.75) is 6.92 Å². The summed E-state index contributed by atoms with van der Waals surface area (Å²) >= 11 is 17.0. The topological polar surface area (TPSA) is 106 Å². The van der Waals surface area contributed by atoms with Crippen molar-refractivity contribution in [3.8, 4) is 11.5 Å². The van der Waals surface area contributed by atoms with Gasteiger partial charge in [0.25, 0.3) is 17.7 Å². The summed E-state index contributed by atoms with van der Waals surface area (Å²) in [4.78, 5) is 36.3. The fourth-order valence-electron chi connectivity index (χ4n) is 2.72. The van der Waals surface area contributed by atoms with Crippen LogP contribution in [0.2, 0.25) is 10.0 Å². The van der Waals surface area contributed by atoms with Crippen molar-refractivity contribution >= 4 is 70.0 Å². The molecule has 166 valence electrons. The van der Waals surface area contributed by atoms with E-state index in [-0.39, 0.29) is 33.8 Å². The average molecular weight is 494 g/mol. The summed E-state index contributed by atoms with van der Waals surface area (Å²) in [5.74, 6) is -1.28. The van der Waals surface area contributed by atoms with Gasteiger partial charge in [-0.25, -0.2) is 0 Å². The minimum absolute atomic E-state index is 0.0641. The standard InChI is InChI=1S/C21H17Cl2N3O5S/c1-2-30-16-9-11(7-14-19(28)25-21(32)26-20(14)29)8-15(23)18(16)31-10-17(27)24-13-5-3-12(22)4-6-13/h3-9H,2,10H2,1H3,(H,24,27)(H2,25,26,28,29,32). The maximum absolute atomic E-state index is 12.2. The molecule has 0 unspecified atom stereocenters. The van der Waals surface area contributed by atoms with Gasteiger partial charge in [-0.3, -0.25) is 25.0 Å². The summed E-state index contributed by atoms with van der Waals surface area (Å²) in [7, 11) is 0. The Balaban J connectivity index is 1.78. The molecule has 1 heterocycles. The van der Waals surface area contributed by atoms with Crippen molar-refractivity contribution in [3.63, 3.8) is 0 Å². The van der Waals surface area contributed by atoms with Crippen molar-refractivity contribution in [1.82, 2.24) is 10.6 Å². The van der Waals surface area contributed by atoms with Gasteiger partial charge >= 0.3 is 0 Å². The van der Waals surface area contributed by atoms with Crippen LogP contribution in [0, 0.1) is 0 Å². The molecule has 3 N–H and O–H groups in total. The van der Waals surface area contributed by atoms with Crippen LogP contribution in [-0.4, -0.2) is 36.0 Å². The number of hydrogen-bond donors (Lipinski definition) is 3. The van der Waals surface area contributed by atoms with Crippen LogP contribution in [0.4, 0.5) is 5.69 Å². The summed E-state index contributed by atoms with van der Waals surface area (Å²) in [5.41, 5.74) is 0.835. The Morgan fingerprint density at radius 1 is 1.09 bits per heavy atom. The largest absolute Gasteiger partial charge is 0.490 e. The number of benzene rings is 2. The Morgan fingerprint density at radius 2 is 1.75 bits per heavy atom. The first kappa shape index (κ1) is 23.5. The number of anilines is 1. The van der Waals surface area contributed by atoms with Crippen LogP contribution in [0.1, 0.15) is 12.5 Å². The van der Waals surface area contributed by atoms with Gasteiger partial charge in [-0.2, -0.15) is 0 Å². The van der Waals surface area contributed by atoms with E-state index < -0.39 is 17.7 Å². The Hall–Kier alpha value is -3.14. The highest BCUT2D eigenvalue weighted by molar-refractivity contribution is 7.80. The Bertz CT molecular complexity index is 1100. The third kappa shape index (κ3) is 5.97. The first-order valence-corrected chi connectivity index (χ1v) is 10.5. The first-order valence-electron chi connectivity index (χ1n) is 9.29. The summed E-state index contributed by atoms with van der Waals surface area (Å²) in [6.45, 7) is 1.73. The lowest BCUT2D eigenvalue weighted by atomic mass is 10.1. The third-order valence-corrected chi connectivity index (χ3v) is 4.80. The minimum atomic E-state index is -0.632. The van der Waals surface area contributed by atoms with Crippen LogP contribution < -0.4 is 25.4 Å². The zero-order valence-corrected chi connectivity index (χ0v) is 19.0. The number of ether oxygens (including phenoxy) is 2. The molecule has 0 atom stereocenters. The van der Waals surface area contributed by atoms with Gasteiger partial charge in [0.15, 0.2) is 23.2 Å². The van der Waals surface area contributed by atoms with Crippen molar-refractivity contribution in [2.24, 2.45) is 0 Å². The molecule has 0 saturated carbocycles. The quantitative estimate of drug-likeness (QED) is 0.310.